The minimum absolute atomic E-state index is 0.0131. The summed E-state index contributed by atoms with van der Waals surface area (Å²) in [5.41, 5.74) is 0. The molecule has 3 atom stereocenters. The number of rotatable bonds is 19. The van der Waals surface area contributed by atoms with Crippen LogP contribution in [0.1, 0.15) is 78.1 Å². The molecule has 0 aromatic rings. The lowest BCUT2D eigenvalue weighted by Gasteiger charge is -2.36. The van der Waals surface area contributed by atoms with Gasteiger partial charge in [0.1, 0.15) is 13.2 Å². The number of amides is 1. The van der Waals surface area contributed by atoms with E-state index in [1.807, 2.05) is 21.1 Å². The van der Waals surface area contributed by atoms with Gasteiger partial charge in [0, 0.05) is 13.0 Å². The van der Waals surface area contributed by atoms with E-state index in [4.69, 9.17) is 4.52 Å². The second-order valence-corrected chi connectivity index (χ2v) is 11.4. The SMILES string of the molecule is CCCCCCC[C@@H](O)[C@H](CN(C)P(=O)([O-])OCC[N+](C)(C)C)NC(=O)CCCCC. The Labute approximate surface area is 190 Å². The summed E-state index contributed by atoms with van der Waals surface area (Å²) in [4.78, 5) is 24.9. The predicted octanol–water partition coefficient (Wildman–Crippen LogP) is 2.90. The summed E-state index contributed by atoms with van der Waals surface area (Å²) in [5.74, 6) is -0.149. The van der Waals surface area contributed by atoms with Crippen LogP contribution in [0.2, 0.25) is 0 Å². The summed E-state index contributed by atoms with van der Waals surface area (Å²) >= 11 is 0. The minimum Gasteiger partial charge on any atom is -0.766 e. The van der Waals surface area contributed by atoms with E-state index < -0.39 is 19.9 Å². The van der Waals surface area contributed by atoms with E-state index in [2.05, 4.69) is 19.2 Å². The maximum absolute atomic E-state index is 12.5. The van der Waals surface area contributed by atoms with Gasteiger partial charge in [0.05, 0.1) is 33.3 Å². The number of carbonyl (C=O) groups is 1. The third-order valence-electron chi connectivity index (χ3n) is 5.32. The second kappa shape index (κ2) is 16.2. The first-order valence-electron chi connectivity index (χ1n) is 11.9. The fraction of sp³-hybridized carbons (Fsp3) is 0.955. The van der Waals surface area contributed by atoms with Crippen LogP contribution in [-0.4, -0.2) is 80.2 Å². The van der Waals surface area contributed by atoms with E-state index in [0.717, 1.165) is 49.6 Å². The van der Waals surface area contributed by atoms with Gasteiger partial charge < -0.3 is 24.3 Å². The van der Waals surface area contributed by atoms with Crippen LogP contribution in [0.15, 0.2) is 0 Å². The van der Waals surface area contributed by atoms with Crippen molar-refractivity contribution in [2.24, 2.45) is 0 Å². The summed E-state index contributed by atoms with van der Waals surface area (Å²) < 4.78 is 19.4. The van der Waals surface area contributed by atoms with Crippen molar-refractivity contribution in [3.05, 3.63) is 0 Å². The van der Waals surface area contributed by atoms with Gasteiger partial charge in [-0.15, -0.1) is 0 Å². The molecular formula is C22H48N3O5P. The zero-order valence-electron chi connectivity index (χ0n) is 20.8. The predicted molar refractivity (Wildman–Crippen MR) is 125 cm³/mol. The van der Waals surface area contributed by atoms with Gasteiger partial charge in [-0.2, -0.15) is 0 Å². The smallest absolute Gasteiger partial charge is 0.220 e. The van der Waals surface area contributed by atoms with E-state index >= 15 is 0 Å². The number of hydrogen-bond acceptors (Lipinski definition) is 5. The van der Waals surface area contributed by atoms with Crippen molar-refractivity contribution in [2.75, 3.05) is 47.9 Å². The highest BCUT2D eigenvalue weighted by molar-refractivity contribution is 7.48. The van der Waals surface area contributed by atoms with Crippen LogP contribution in [0, 0.1) is 0 Å². The van der Waals surface area contributed by atoms with E-state index in [1.54, 1.807) is 0 Å². The first kappa shape index (κ1) is 30.5. The number of nitrogens with zero attached hydrogens (tertiary/aromatic N) is 2. The van der Waals surface area contributed by atoms with Crippen molar-refractivity contribution in [1.29, 1.82) is 0 Å². The van der Waals surface area contributed by atoms with E-state index in [1.165, 1.54) is 13.5 Å². The molecule has 1 amide bonds. The van der Waals surface area contributed by atoms with Gasteiger partial charge >= 0.3 is 0 Å². The van der Waals surface area contributed by atoms with Gasteiger partial charge in [0.15, 0.2) is 0 Å². The van der Waals surface area contributed by atoms with Crippen molar-refractivity contribution in [1.82, 2.24) is 9.99 Å². The third kappa shape index (κ3) is 15.9. The molecule has 0 fully saturated rings. The molecule has 0 aromatic heterocycles. The normalized spacial score (nSPS) is 16.2. The summed E-state index contributed by atoms with van der Waals surface area (Å²) in [7, 11) is 3.06. The van der Waals surface area contributed by atoms with Gasteiger partial charge in [0.25, 0.3) is 0 Å². The van der Waals surface area contributed by atoms with Crippen LogP contribution in [0.5, 0.6) is 0 Å². The van der Waals surface area contributed by atoms with Crippen molar-refractivity contribution in [3.8, 4) is 0 Å². The standard InChI is InChI=1S/C22H48N3O5P/c1-7-9-11-12-14-15-21(26)20(23-22(27)16-13-10-8-2)19-24(3)31(28,29)30-18-17-25(4,5)6/h20-21,26H,7-19H2,1-6H3,(H-,23,27,28,29)/t20-,21+/m0/s1. The maximum Gasteiger partial charge on any atom is 0.220 e. The van der Waals surface area contributed by atoms with Gasteiger partial charge in [-0.3, -0.25) is 9.36 Å². The maximum atomic E-state index is 12.5. The molecular weight excluding hydrogens is 417 g/mol. The molecule has 0 saturated carbocycles. The highest BCUT2D eigenvalue weighted by Gasteiger charge is 2.27. The molecule has 31 heavy (non-hydrogen) atoms. The molecule has 9 heteroatoms. The molecule has 2 N–H and O–H groups in total. The number of nitrogens with one attached hydrogen (secondary N) is 1. The van der Waals surface area contributed by atoms with Crippen molar-refractivity contribution < 1.29 is 28.4 Å². The Morgan fingerprint density at radius 3 is 2.26 bits per heavy atom. The molecule has 0 bridgehead atoms. The van der Waals surface area contributed by atoms with Gasteiger partial charge in [-0.1, -0.05) is 58.8 Å². The van der Waals surface area contributed by atoms with Crippen molar-refractivity contribution in [2.45, 2.75) is 90.2 Å². The highest BCUT2D eigenvalue weighted by atomic mass is 31.2. The van der Waals surface area contributed by atoms with E-state index in [0.29, 0.717) is 23.9 Å². The van der Waals surface area contributed by atoms with Crippen LogP contribution in [-0.2, 0) is 13.9 Å². The Bertz CT molecular complexity index is 528. The van der Waals surface area contributed by atoms with Crippen molar-refractivity contribution in [3.63, 3.8) is 0 Å². The molecule has 0 spiro atoms. The third-order valence-corrected chi connectivity index (χ3v) is 6.83. The molecule has 8 nitrogen and oxygen atoms in total. The topological polar surface area (TPSA) is 102 Å². The number of hydrogen-bond donors (Lipinski definition) is 2. The molecule has 0 aliphatic heterocycles. The molecule has 0 aliphatic rings. The lowest BCUT2D eigenvalue weighted by Crippen LogP contribution is -2.50. The first-order valence-corrected chi connectivity index (χ1v) is 13.4. The molecule has 0 aromatic carbocycles. The molecule has 0 saturated heterocycles. The van der Waals surface area contributed by atoms with Crippen LogP contribution in [0.3, 0.4) is 0 Å². The van der Waals surface area contributed by atoms with Gasteiger partial charge in [0.2, 0.25) is 13.7 Å². The van der Waals surface area contributed by atoms with E-state index in [9.17, 15) is 19.4 Å². The quantitative estimate of drug-likeness (QED) is 0.173. The molecule has 0 heterocycles. The summed E-state index contributed by atoms with van der Waals surface area (Å²) in [5, 5.41) is 13.6. The molecule has 0 aliphatic carbocycles. The highest BCUT2D eigenvalue weighted by Crippen LogP contribution is 2.40. The molecule has 0 rings (SSSR count). The number of aliphatic hydroxyl groups is 1. The summed E-state index contributed by atoms with van der Waals surface area (Å²) in [6.07, 6.45) is 8.18. The van der Waals surface area contributed by atoms with Crippen LogP contribution in [0.25, 0.3) is 0 Å². The monoisotopic (exact) mass is 465 g/mol. The Morgan fingerprint density at radius 1 is 1.10 bits per heavy atom. The van der Waals surface area contributed by atoms with Gasteiger partial charge in [-0.25, -0.2) is 4.67 Å². The Kier molecular flexibility index (Phi) is 15.9. The number of carbonyl (C=O) groups excluding carboxylic acids is 1. The molecule has 186 valence electrons. The fourth-order valence-corrected chi connectivity index (χ4v) is 4.03. The van der Waals surface area contributed by atoms with E-state index in [-0.39, 0.29) is 19.1 Å². The van der Waals surface area contributed by atoms with Crippen LogP contribution < -0.4 is 10.2 Å². The molecule has 1 unspecified atom stereocenters. The largest absolute Gasteiger partial charge is 0.766 e. The van der Waals surface area contributed by atoms with Crippen molar-refractivity contribution >= 4 is 13.7 Å². The van der Waals surface area contributed by atoms with Crippen LogP contribution >= 0.6 is 7.75 Å². The zero-order chi connectivity index (χ0) is 23.9. The Hall–Kier alpha value is -0.500. The number of unbranched alkanes of at least 4 members (excludes halogenated alkanes) is 6. The Balaban J connectivity index is 4.91. The van der Waals surface area contributed by atoms with Gasteiger partial charge in [-0.05, 0) is 19.9 Å². The summed E-state index contributed by atoms with van der Waals surface area (Å²) in [6.45, 7) is 4.85. The first-order chi connectivity index (χ1) is 14.4. The number of quaternary nitrogens is 1. The summed E-state index contributed by atoms with van der Waals surface area (Å²) in [6, 6.07) is -0.658. The number of aliphatic hydroxyl groups excluding tert-OH is 1. The average Bonchev–Trinajstić information content (AvgIpc) is 2.66. The lowest BCUT2D eigenvalue weighted by molar-refractivity contribution is -0.870. The van der Waals surface area contributed by atoms with Crippen LogP contribution in [0.4, 0.5) is 0 Å². The average molecular weight is 466 g/mol. The fourth-order valence-electron chi connectivity index (χ4n) is 3.15. The number of likely N-dealkylation sites (N-methyl/N-ethyl adjacent to an activating group) is 2. The zero-order valence-corrected chi connectivity index (χ0v) is 21.7. The second-order valence-electron chi connectivity index (χ2n) is 9.56. The lowest BCUT2D eigenvalue weighted by atomic mass is 10.0. The molecule has 0 radical (unpaired) electrons. The minimum atomic E-state index is -4.26. The Morgan fingerprint density at radius 2 is 1.68 bits per heavy atom.